The molecule has 1 unspecified atom stereocenters. The van der Waals surface area contributed by atoms with Crippen LogP contribution >= 0.6 is 11.8 Å². The van der Waals surface area contributed by atoms with Crippen LogP contribution < -0.4 is 5.32 Å². The van der Waals surface area contributed by atoms with Crippen LogP contribution in [0.1, 0.15) is 12.5 Å². The maximum Gasteiger partial charge on any atom is 0.246 e. The summed E-state index contributed by atoms with van der Waals surface area (Å²) in [6.07, 6.45) is 5.62. The van der Waals surface area contributed by atoms with Crippen molar-refractivity contribution in [3.63, 3.8) is 0 Å². The Bertz CT molecular complexity index is 456. The van der Waals surface area contributed by atoms with Crippen LogP contribution in [0.15, 0.2) is 35.2 Å². The number of thioether (sulfide) groups is 1. The lowest BCUT2D eigenvalue weighted by Gasteiger charge is -2.33. The highest BCUT2D eigenvalue weighted by molar-refractivity contribution is 7.98. The Morgan fingerprint density at radius 3 is 2.79 bits per heavy atom. The van der Waals surface area contributed by atoms with Crippen LogP contribution in [0.25, 0.3) is 6.08 Å². The number of hydrogen-bond donors (Lipinski definition) is 1. The van der Waals surface area contributed by atoms with Crippen LogP contribution in [0.3, 0.4) is 0 Å². The normalized spacial score (nSPS) is 19.9. The molecule has 1 heterocycles. The molecule has 0 bridgehead atoms. The third-order valence-corrected chi connectivity index (χ3v) is 4.06. The summed E-state index contributed by atoms with van der Waals surface area (Å²) in [4.78, 5) is 15.3. The highest BCUT2D eigenvalue weighted by Gasteiger charge is 2.20. The predicted octanol–water partition coefficient (Wildman–Crippen LogP) is 2.24. The Morgan fingerprint density at radius 2 is 2.16 bits per heavy atom. The van der Waals surface area contributed by atoms with E-state index in [2.05, 4.69) is 30.6 Å². The third-order valence-electron chi connectivity index (χ3n) is 3.32. The van der Waals surface area contributed by atoms with Gasteiger partial charge in [-0.1, -0.05) is 12.1 Å². The molecule has 1 aromatic carbocycles. The number of piperazine rings is 1. The molecule has 0 aromatic heterocycles. The molecule has 1 aromatic rings. The first-order valence-corrected chi connectivity index (χ1v) is 7.76. The van der Waals surface area contributed by atoms with Gasteiger partial charge in [0.15, 0.2) is 0 Å². The summed E-state index contributed by atoms with van der Waals surface area (Å²) < 4.78 is 0. The van der Waals surface area contributed by atoms with Gasteiger partial charge in [0.05, 0.1) is 0 Å². The van der Waals surface area contributed by atoms with E-state index >= 15 is 0 Å². The zero-order chi connectivity index (χ0) is 13.7. The maximum atomic E-state index is 12.1. The Labute approximate surface area is 119 Å². The highest BCUT2D eigenvalue weighted by Crippen LogP contribution is 2.15. The van der Waals surface area contributed by atoms with Crippen molar-refractivity contribution in [3.05, 3.63) is 35.9 Å². The fourth-order valence-corrected chi connectivity index (χ4v) is 2.55. The molecule has 0 spiro atoms. The van der Waals surface area contributed by atoms with Gasteiger partial charge in [0.25, 0.3) is 0 Å². The topological polar surface area (TPSA) is 32.3 Å². The predicted molar refractivity (Wildman–Crippen MR) is 81.3 cm³/mol. The minimum atomic E-state index is 0.0999. The van der Waals surface area contributed by atoms with Gasteiger partial charge in [-0.05, 0) is 37.0 Å². The van der Waals surface area contributed by atoms with E-state index in [1.807, 2.05) is 23.1 Å². The number of nitrogens with zero attached hydrogens (tertiary/aromatic N) is 1. The summed E-state index contributed by atoms with van der Waals surface area (Å²) in [6.45, 7) is 4.62. The number of amides is 1. The van der Waals surface area contributed by atoms with Gasteiger partial charge in [-0.15, -0.1) is 11.8 Å². The minimum absolute atomic E-state index is 0.0999. The molecule has 2 rings (SSSR count). The molecule has 1 aliphatic heterocycles. The van der Waals surface area contributed by atoms with Crippen molar-refractivity contribution in [2.24, 2.45) is 0 Å². The second kappa shape index (κ2) is 6.78. The highest BCUT2D eigenvalue weighted by atomic mass is 32.2. The molecule has 102 valence electrons. The second-order valence-corrected chi connectivity index (χ2v) is 5.57. The SMILES string of the molecule is CSc1ccc(C=CC(=O)N2CCNCC2C)cc1. The van der Waals surface area contributed by atoms with Gasteiger partial charge in [0.1, 0.15) is 0 Å². The summed E-state index contributed by atoms with van der Waals surface area (Å²) in [6, 6.07) is 8.49. The second-order valence-electron chi connectivity index (χ2n) is 4.69. The lowest BCUT2D eigenvalue weighted by molar-refractivity contribution is -0.128. The van der Waals surface area contributed by atoms with Crippen molar-refractivity contribution >= 4 is 23.7 Å². The first kappa shape index (κ1) is 14.2. The monoisotopic (exact) mass is 276 g/mol. The molecular formula is C15H20N2OS. The van der Waals surface area contributed by atoms with Crippen LogP contribution in [0, 0.1) is 0 Å². The van der Waals surface area contributed by atoms with Gasteiger partial charge in [0, 0.05) is 36.6 Å². The molecule has 0 aliphatic carbocycles. The summed E-state index contributed by atoms with van der Waals surface area (Å²) >= 11 is 1.72. The van der Waals surface area contributed by atoms with Crippen LogP contribution in [0.4, 0.5) is 0 Å². The molecule has 1 fully saturated rings. The van der Waals surface area contributed by atoms with E-state index in [-0.39, 0.29) is 11.9 Å². The number of benzene rings is 1. The summed E-state index contributed by atoms with van der Waals surface area (Å²) in [5.74, 6) is 0.0999. The van der Waals surface area contributed by atoms with Gasteiger partial charge in [0.2, 0.25) is 5.91 Å². The fourth-order valence-electron chi connectivity index (χ4n) is 2.15. The number of nitrogens with one attached hydrogen (secondary N) is 1. The molecule has 0 radical (unpaired) electrons. The Hall–Kier alpha value is -1.26. The van der Waals surface area contributed by atoms with E-state index in [4.69, 9.17) is 0 Å². The molecular weight excluding hydrogens is 256 g/mol. The van der Waals surface area contributed by atoms with Gasteiger partial charge in [-0.2, -0.15) is 0 Å². The smallest absolute Gasteiger partial charge is 0.246 e. The van der Waals surface area contributed by atoms with Gasteiger partial charge < -0.3 is 10.2 Å². The first-order valence-electron chi connectivity index (χ1n) is 6.54. The van der Waals surface area contributed by atoms with Gasteiger partial charge in [-0.3, -0.25) is 4.79 Å². The fraction of sp³-hybridized carbons (Fsp3) is 0.400. The van der Waals surface area contributed by atoms with Crippen molar-refractivity contribution in [2.75, 3.05) is 25.9 Å². The lowest BCUT2D eigenvalue weighted by Crippen LogP contribution is -2.51. The zero-order valence-electron chi connectivity index (χ0n) is 11.4. The Balaban J connectivity index is 1.98. The molecule has 19 heavy (non-hydrogen) atoms. The molecule has 1 saturated heterocycles. The average Bonchev–Trinajstić information content (AvgIpc) is 2.46. The van der Waals surface area contributed by atoms with E-state index < -0.39 is 0 Å². The molecule has 0 saturated carbocycles. The van der Waals surface area contributed by atoms with Gasteiger partial charge >= 0.3 is 0 Å². The van der Waals surface area contributed by atoms with Crippen molar-refractivity contribution in [2.45, 2.75) is 17.9 Å². The van der Waals surface area contributed by atoms with Crippen LogP contribution in [0.2, 0.25) is 0 Å². The summed E-state index contributed by atoms with van der Waals surface area (Å²) in [5.41, 5.74) is 1.06. The average molecular weight is 276 g/mol. The lowest BCUT2D eigenvalue weighted by atomic mass is 10.2. The maximum absolute atomic E-state index is 12.1. The molecule has 1 atom stereocenters. The first-order chi connectivity index (χ1) is 9.20. The van der Waals surface area contributed by atoms with Crippen LogP contribution in [-0.4, -0.2) is 42.7 Å². The van der Waals surface area contributed by atoms with E-state index in [1.54, 1.807) is 17.8 Å². The van der Waals surface area contributed by atoms with E-state index in [0.29, 0.717) is 0 Å². The van der Waals surface area contributed by atoms with Crippen LogP contribution in [0.5, 0.6) is 0 Å². The van der Waals surface area contributed by atoms with Crippen molar-refractivity contribution in [1.29, 1.82) is 0 Å². The molecule has 1 aliphatic rings. The third kappa shape index (κ3) is 3.85. The van der Waals surface area contributed by atoms with Crippen molar-refractivity contribution < 1.29 is 4.79 Å². The zero-order valence-corrected chi connectivity index (χ0v) is 12.2. The number of rotatable bonds is 3. The molecule has 1 N–H and O–H groups in total. The Morgan fingerprint density at radius 1 is 1.42 bits per heavy atom. The van der Waals surface area contributed by atoms with E-state index in [9.17, 15) is 4.79 Å². The number of carbonyl (C=O) groups is 1. The summed E-state index contributed by atoms with van der Waals surface area (Å²) in [5, 5.41) is 3.29. The number of carbonyl (C=O) groups excluding carboxylic acids is 1. The molecule has 3 nitrogen and oxygen atoms in total. The largest absolute Gasteiger partial charge is 0.334 e. The minimum Gasteiger partial charge on any atom is -0.334 e. The standard InChI is InChI=1S/C15H20N2OS/c1-12-11-16-9-10-17(12)15(18)8-5-13-3-6-14(19-2)7-4-13/h3-8,12,16H,9-11H2,1-2H3. The number of hydrogen-bond acceptors (Lipinski definition) is 3. The molecule has 4 heteroatoms. The quantitative estimate of drug-likeness (QED) is 0.679. The summed E-state index contributed by atoms with van der Waals surface area (Å²) in [7, 11) is 0. The van der Waals surface area contributed by atoms with E-state index in [0.717, 1.165) is 25.2 Å². The van der Waals surface area contributed by atoms with Gasteiger partial charge in [-0.25, -0.2) is 0 Å². The van der Waals surface area contributed by atoms with Crippen molar-refractivity contribution in [1.82, 2.24) is 10.2 Å². The Kier molecular flexibility index (Phi) is 5.05. The molecule has 1 amide bonds. The van der Waals surface area contributed by atoms with Crippen LogP contribution in [-0.2, 0) is 4.79 Å². The van der Waals surface area contributed by atoms with Crippen molar-refractivity contribution in [3.8, 4) is 0 Å². The van der Waals surface area contributed by atoms with E-state index in [1.165, 1.54) is 4.90 Å².